The SMILES string of the molecule is CCCCCCCCOc1ccc(C2=NOC(COC(=O)c3ccc(C#Cc4ccc5cc(OCCCCCCCC)ccc5c4)cc3)C2)cc1. The molecule has 0 radical (unpaired) electrons. The summed E-state index contributed by atoms with van der Waals surface area (Å²) in [7, 11) is 0. The Labute approximate surface area is 304 Å². The van der Waals surface area contributed by atoms with Crippen LogP contribution in [0.25, 0.3) is 10.8 Å². The van der Waals surface area contributed by atoms with Crippen molar-refractivity contribution in [3.63, 3.8) is 0 Å². The minimum Gasteiger partial charge on any atom is -0.494 e. The minimum absolute atomic E-state index is 0.127. The van der Waals surface area contributed by atoms with Gasteiger partial charge < -0.3 is 19.0 Å². The fourth-order valence-electron chi connectivity index (χ4n) is 6.05. The summed E-state index contributed by atoms with van der Waals surface area (Å²) in [4.78, 5) is 18.3. The Morgan fingerprint density at radius 2 is 1.24 bits per heavy atom. The molecule has 1 aliphatic heterocycles. The van der Waals surface area contributed by atoms with E-state index in [4.69, 9.17) is 19.0 Å². The van der Waals surface area contributed by atoms with Crippen LogP contribution in [-0.4, -0.2) is 37.6 Å². The molecule has 268 valence electrons. The molecule has 1 heterocycles. The largest absolute Gasteiger partial charge is 0.494 e. The van der Waals surface area contributed by atoms with Gasteiger partial charge in [0.25, 0.3) is 0 Å². The zero-order valence-corrected chi connectivity index (χ0v) is 30.5. The summed E-state index contributed by atoms with van der Waals surface area (Å²) in [5.41, 5.74) is 4.04. The molecule has 5 rings (SSSR count). The van der Waals surface area contributed by atoms with Crippen molar-refractivity contribution in [3.05, 3.63) is 107 Å². The van der Waals surface area contributed by atoms with Gasteiger partial charge in [-0.05, 0) is 102 Å². The van der Waals surface area contributed by atoms with E-state index in [2.05, 4.69) is 55.1 Å². The molecule has 0 fully saturated rings. The van der Waals surface area contributed by atoms with Gasteiger partial charge in [0.05, 0.1) is 24.5 Å². The monoisotopic (exact) mass is 687 g/mol. The third-order valence-electron chi connectivity index (χ3n) is 9.14. The lowest BCUT2D eigenvalue weighted by Gasteiger charge is -2.09. The summed E-state index contributed by atoms with van der Waals surface area (Å²) in [6.07, 6.45) is 15.2. The topological polar surface area (TPSA) is 66.3 Å². The second kappa shape index (κ2) is 20.8. The number of hydrogen-bond acceptors (Lipinski definition) is 6. The number of unbranched alkanes of at least 4 members (excludes halogenated alkanes) is 10. The number of ether oxygens (including phenoxy) is 3. The van der Waals surface area contributed by atoms with Crippen LogP contribution in [0.4, 0.5) is 0 Å². The molecule has 4 aromatic carbocycles. The van der Waals surface area contributed by atoms with Crippen LogP contribution >= 0.6 is 0 Å². The van der Waals surface area contributed by atoms with Gasteiger partial charge in [-0.25, -0.2) is 4.79 Å². The van der Waals surface area contributed by atoms with Gasteiger partial charge in [0.15, 0.2) is 6.10 Å². The molecule has 0 spiro atoms. The van der Waals surface area contributed by atoms with Crippen molar-refractivity contribution in [1.82, 2.24) is 0 Å². The third kappa shape index (κ3) is 12.5. The molecule has 0 N–H and O–H groups in total. The van der Waals surface area contributed by atoms with Crippen LogP contribution in [0.2, 0.25) is 0 Å². The predicted octanol–water partition coefficient (Wildman–Crippen LogP) is 11.1. The Hall–Kier alpha value is -4.76. The summed E-state index contributed by atoms with van der Waals surface area (Å²) in [6.45, 7) is 6.10. The van der Waals surface area contributed by atoms with Crippen LogP contribution in [0.15, 0.2) is 90.1 Å². The number of carbonyl (C=O) groups is 1. The summed E-state index contributed by atoms with van der Waals surface area (Å²) in [5.74, 6) is 7.83. The van der Waals surface area contributed by atoms with E-state index in [1.165, 1.54) is 64.2 Å². The highest BCUT2D eigenvalue weighted by molar-refractivity contribution is 6.01. The normalized spacial score (nSPS) is 13.6. The van der Waals surface area contributed by atoms with Gasteiger partial charge in [-0.1, -0.05) is 107 Å². The van der Waals surface area contributed by atoms with Crippen molar-refractivity contribution >= 4 is 22.5 Å². The molecule has 0 aromatic heterocycles. The molecule has 4 aromatic rings. The average Bonchev–Trinajstić information content (AvgIpc) is 3.65. The van der Waals surface area contributed by atoms with E-state index in [0.717, 1.165) is 70.7 Å². The van der Waals surface area contributed by atoms with E-state index >= 15 is 0 Å². The van der Waals surface area contributed by atoms with Crippen LogP contribution in [0.5, 0.6) is 11.5 Å². The van der Waals surface area contributed by atoms with Gasteiger partial charge in [0.2, 0.25) is 0 Å². The second-order valence-electron chi connectivity index (χ2n) is 13.4. The van der Waals surface area contributed by atoms with Gasteiger partial charge >= 0.3 is 5.97 Å². The molecule has 0 aliphatic carbocycles. The molecule has 0 saturated carbocycles. The highest BCUT2D eigenvalue weighted by Crippen LogP contribution is 2.23. The van der Waals surface area contributed by atoms with E-state index in [9.17, 15) is 4.79 Å². The fraction of sp³-hybridized carbons (Fsp3) is 0.422. The first-order valence-electron chi connectivity index (χ1n) is 19.0. The average molecular weight is 688 g/mol. The molecule has 1 unspecified atom stereocenters. The maximum Gasteiger partial charge on any atom is 0.338 e. The van der Waals surface area contributed by atoms with Crippen LogP contribution < -0.4 is 9.47 Å². The van der Waals surface area contributed by atoms with Gasteiger partial charge in [0, 0.05) is 17.5 Å². The number of esters is 1. The quantitative estimate of drug-likeness (QED) is 0.0526. The number of benzene rings is 4. The molecule has 0 saturated heterocycles. The van der Waals surface area contributed by atoms with E-state index in [0.29, 0.717) is 12.0 Å². The van der Waals surface area contributed by atoms with E-state index in [1.54, 1.807) is 12.1 Å². The summed E-state index contributed by atoms with van der Waals surface area (Å²) in [5, 5.41) is 6.50. The van der Waals surface area contributed by atoms with Crippen molar-refractivity contribution < 1.29 is 23.8 Å². The van der Waals surface area contributed by atoms with E-state index in [1.807, 2.05) is 48.5 Å². The highest BCUT2D eigenvalue weighted by Gasteiger charge is 2.24. The minimum atomic E-state index is -0.400. The smallest absolute Gasteiger partial charge is 0.338 e. The Morgan fingerprint density at radius 3 is 1.94 bits per heavy atom. The van der Waals surface area contributed by atoms with Crippen molar-refractivity contribution in [2.24, 2.45) is 5.16 Å². The van der Waals surface area contributed by atoms with Crippen molar-refractivity contribution in [2.75, 3.05) is 19.8 Å². The highest BCUT2D eigenvalue weighted by atomic mass is 16.7. The summed E-state index contributed by atoms with van der Waals surface area (Å²) >= 11 is 0. The number of hydrogen-bond donors (Lipinski definition) is 0. The van der Waals surface area contributed by atoms with Crippen molar-refractivity contribution in [1.29, 1.82) is 0 Å². The van der Waals surface area contributed by atoms with Gasteiger partial charge in [-0.15, -0.1) is 0 Å². The fourth-order valence-corrected chi connectivity index (χ4v) is 6.05. The van der Waals surface area contributed by atoms with Gasteiger partial charge in [0.1, 0.15) is 18.1 Å². The van der Waals surface area contributed by atoms with Crippen molar-refractivity contribution in [2.45, 2.75) is 103 Å². The standard InChI is InChI=1S/C45H53NO5/c1-3-5-7-9-11-13-29-48-41-26-23-37(24-27-41)44-33-43(51-46-44)34-50-45(47)38-20-17-35(18-21-38)15-16-36-19-22-40-32-42(28-25-39(40)31-36)49-30-14-12-10-8-6-4-2/h17-28,31-32,43H,3-14,29-30,33-34H2,1-2H3. The zero-order valence-electron chi connectivity index (χ0n) is 30.5. The molecule has 51 heavy (non-hydrogen) atoms. The third-order valence-corrected chi connectivity index (χ3v) is 9.14. The molecule has 6 heteroatoms. The maximum absolute atomic E-state index is 12.8. The van der Waals surface area contributed by atoms with E-state index in [-0.39, 0.29) is 12.7 Å². The first-order chi connectivity index (χ1) is 25.1. The Bertz CT molecular complexity index is 1750. The van der Waals surface area contributed by atoms with Crippen LogP contribution in [0, 0.1) is 11.8 Å². The molecule has 1 atom stereocenters. The number of fused-ring (bicyclic) bond motifs is 1. The molecular weight excluding hydrogens is 634 g/mol. The lowest BCUT2D eigenvalue weighted by atomic mass is 10.1. The second-order valence-corrected chi connectivity index (χ2v) is 13.4. The molecular formula is C45H53NO5. The first-order valence-corrected chi connectivity index (χ1v) is 19.0. The van der Waals surface area contributed by atoms with Crippen LogP contribution in [-0.2, 0) is 9.57 Å². The number of oxime groups is 1. The zero-order chi connectivity index (χ0) is 35.5. The van der Waals surface area contributed by atoms with Gasteiger partial charge in [-0.3, -0.25) is 0 Å². The van der Waals surface area contributed by atoms with Crippen molar-refractivity contribution in [3.8, 4) is 23.3 Å². The lowest BCUT2D eigenvalue weighted by Crippen LogP contribution is -2.19. The maximum atomic E-state index is 12.8. The molecule has 0 amide bonds. The Morgan fingerprint density at radius 1 is 0.667 bits per heavy atom. The number of nitrogens with zero attached hydrogens (tertiary/aromatic N) is 1. The van der Waals surface area contributed by atoms with Gasteiger partial charge in [-0.2, -0.15) is 0 Å². The van der Waals surface area contributed by atoms with Crippen LogP contribution in [0.3, 0.4) is 0 Å². The first kappa shape index (κ1) is 37.5. The number of carbonyl (C=O) groups excluding carboxylic acids is 1. The molecule has 0 bridgehead atoms. The predicted molar refractivity (Wildman–Crippen MR) is 207 cm³/mol. The summed E-state index contributed by atoms with van der Waals surface area (Å²) in [6, 6.07) is 27.5. The summed E-state index contributed by atoms with van der Waals surface area (Å²) < 4.78 is 17.5. The van der Waals surface area contributed by atoms with Crippen LogP contribution in [0.1, 0.15) is 124 Å². The molecule has 6 nitrogen and oxygen atoms in total. The number of rotatable bonds is 20. The molecule has 1 aliphatic rings. The van der Waals surface area contributed by atoms with E-state index < -0.39 is 5.97 Å². The Balaban J connectivity index is 1.02. The Kier molecular flexibility index (Phi) is 15.3. The lowest BCUT2D eigenvalue weighted by molar-refractivity contribution is 0.00686.